The fourth-order valence-electron chi connectivity index (χ4n) is 3.52. The Morgan fingerprint density at radius 2 is 1.68 bits per heavy atom. The molecule has 0 aliphatic carbocycles. The summed E-state index contributed by atoms with van der Waals surface area (Å²) in [6, 6.07) is 4.83. The summed E-state index contributed by atoms with van der Waals surface area (Å²) in [6.07, 6.45) is -5.02. The van der Waals surface area contributed by atoms with Crippen molar-refractivity contribution < 1.29 is 35.6 Å². The Hall–Kier alpha value is -2.20. The number of hydrogen-bond donors (Lipinski definition) is 0. The van der Waals surface area contributed by atoms with E-state index in [1.165, 1.54) is 0 Å². The lowest BCUT2D eigenvalue weighted by Crippen LogP contribution is -2.51. The number of alkyl halides is 3. The number of sulfone groups is 1. The van der Waals surface area contributed by atoms with Gasteiger partial charge in [0.25, 0.3) is 0 Å². The Labute approximate surface area is 178 Å². The van der Waals surface area contributed by atoms with Crippen molar-refractivity contribution in [1.82, 2.24) is 5.16 Å². The minimum absolute atomic E-state index is 0.0532. The molecule has 0 spiro atoms. The average molecular weight is 459 g/mol. The van der Waals surface area contributed by atoms with Crippen LogP contribution in [0.25, 0.3) is 0 Å². The molecule has 1 fully saturated rings. The van der Waals surface area contributed by atoms with E-state index in [0.717, 1.165) is 12.1 Å². The number of hydrogen-bond acceptors (Lipinski definition) is 6. The summed E-state index contributed by atoms with van der Waals surface area (Å²) in [6.45, 7) is 5.84. The summed E-state index contributed by atoms with van der Waals surface area (Å²) in [5, 5.41) is 3.90. The zero-order valence-corrected chi connectivity index (χ0v) is 18.3. The molecule has 1 aliphatic rings. The van der Waals surface area contributed by atoms with Gasteiger partial charge in [0.05, 0.1) is 22.6 Å². The standard InChI is InChI=1S/C21H24F3NO5S/c1-19(2,3)18-13-15(25-30-18)12-17(26)20(8-10-29-11-9-20)31(27,28)16-6-4-14(5-7-16)21(22,23)24/h4-7,13H,8-12H2,1-3H3. The van der Waals surface area contributed by atoms with Crippen molar-refractivity contribution in [3.8, 4) is 0 Å². The zero-order chi connectivity index (χ0) is 23.1. The quantitative estimate of drug-likeness (QED) is 0.669. The van der Waals surface area contributed by atoms with E-state index in [1.54, 1.807) is 6.07 Å². The van der Waals surface area contributed by atoms with Crippen molar-refractivity contribution in [2.45, 2.75) is 61.3 Å². The molecule has 0 N–H and O–H groups in total. The Morgan fingerprint density at radius 1 is 1.10 bits per heavy atom. The van der Waals surface area contributed by atoms with Crippen LogP contribution >= 0.6 is 0 Å². The Morgan fingerprint density at radius 3 is 2.16 bits per heavy atom. The van der Waals surface area contributed by atoms with Crippen LogP contribution in [0.4, 0.5) is 13.2 Å². The lowest BCUT2D eigenvalue weighted by atomic mass is 9.90. The second-order valence-corrected chi connectivity index (χ2v) is 10.9. The third-order valence-electron chi connectivity index (χ3n) is 5.45. The minimum Gasteiger partial charge on any atom is -0.381 e. The van der Waals surface area contributed by atoms with Gasteiger partial charge < -0.3 is 9.26 Å². The van der Waals surface area contributed by atoms with Crippen LogP contribution in [0.15, 0.2) is 39.8 Å². The van der Waals surface area contributed by atoms with Gasteiger partial charge in [0.1, 0.15) is 10.5 Å². The second kappa shape index (κ2) is 8.05. The average Bonchev–Trinajstić information content (AvgIpc) is 3.17. The fourth-order valence-corrected chi connectivity index (χ4v) is 5.54. The van der Waals surface area contributed by atoms with Crippen LogP contribution in [0.3, 0.4) is 0 Å². The summed E-state index contributed by atoms with van der Waals surface area (Å²) in [5.41, 5.74) is -0.990. The number of benzene rings is 1. The van der Waals surface area contributed by atoms with Crippen LogP contribution in [0.5, 0.6) is 0 Å². The van der Waals surface area contributed by atoms with Crippen molar-refractivity contribution >= 4 is 15.6 Å². The predicted octanol–water partition coefficient (Wildman–Crippen LogP) is 4.13. The van der Waals surface area contributed by atoms with E-state index < -0.39 is 32.1 Å². The van der Waals surface area contributed by atoms with Gasteiger partial charge in [-0.15, -0.1) is 0 Å². The van der Waals surface area contributed by atoms with E-state index in [1.807, 2.05) is 20.8 Å². The van der Waals surface area contributed by atoms with Gasteiger partial charge in [0, 0.05) is 24.7 Å². The third kappa shape index (κ3) is 4.55. The fraction of sp³-hybridized carbons (Fsp3) is 0.524. The highest BCUT2D eigenvalue weighted by Gasteiger charge is 2.51. The lowest BCUT2D eigenvalue weighted by Gasteiger charge is -2.35. The first-order valence-corrected chi connectivity index (χ1v) is 11.2. The molecule has 0 amide bonds. The number of ketones is 1. The lowest BCUT2D eigenvalue weighted by molar-refractivity contribution is -0.137. The van der Waals surface area contributed by atoms with Crippen LogP contribution < -0.4 is 0 Å². The summed E-state index contributed by atoms with van der Waals surface area (Å²) in [7, 11) is -4.28. The number of carbonyl (C=O) groups is 1. The monoisotopic (exact) mass is 459 g/mol. The van der Waals surface area contributed by atoms with Crippen molar-refractivity contribution in [2.75, 3.05) is 13.2 Å². The molecule has 3 rings (SSSR count). The molecule has 0 unspecified atom stereocenters. The topological polar surface area (TPSA) is 86.5 Å². The maximum Gasteiger partial charge on any atom is 0.416 e. The van der Waals surface area contributed by atoms with Crippen molar-refractivity contribution in [3.63, 3.8) is 0 Å². The van der Waals surface area contributed by atoms with E-state index >= 15 is 0 Å². The minimum atomic E-state index is -4.59. The third-order valence-corrected chi connectivity index (χ3v) is 8.01. The molecular weight excluding hydrogens is 435 g/mol. The first-order chi connectivity index (χ1) is 14.3. The van der Waals surface area contributed by atoms with Gasteiger partial charge >= 0.3 is 6.18 Å². The number of aromatic nitrogens is 1. The molecule has 6 nitrogen and oxygen atoms in total. The van der Waals surface area contributed by atoms with Crippen LogP contribution in [0, 0.1) is 0 Å². The van der Waals surface area contributed by atoms with E-state index in [-0.39, 0.29) is 42.8 Å². The van der Waals surface area contributed by atoms with Crippen molar-refractivity contribution in [2.24, 2.45) is 0 Å². The van der Waals surface area contributed by atoms with Gasteiger partial charge in [-0.2, -0.15) is 13.2 Å². The van der Waals surface area contributed by atoms with Gasteiger partial charge in [-0.05, 0) is 37.1 Å². The van der Waals surface area contributed by atoms with Gasteiger partial charge in [-0.3, -0.25) is 4.79 Å². The molecule has 0 atom stereocenters. The summed E-state index contributed by atoms with van der Waals surface area (Å²) in [4.78, 5) is 13.0. The highest BCUT2D eigenvalue weighted by molar-refractivity contribution is 7.93. The van der Waals surface area contributed by atoms with E-state index in [2.05, 4.69) is 5.16 Å². The molecule has 0 radical (unpaired) electrons. The Bertz CT molecular complexity index is 1040. The molecule has 2 heterocycles. The molecule has 31 heavy (non-hydrogen) atoms. The van der Waals surface area contributed by atoms with Gasteiger partial charge in [0.15, 0.2) is 15.6 Å². The van der Waals surface area contributed by atoms with Gasteiger partial charge in [-0.1, -0.05) is 25.9 Å². The molecule has 0 saturated carbocycles. The molecule has 1 saturated heterocycles. The van der Waals surface area contributed by atoms with Crippen LogP contribution in [-0.2, 0) is 37.4 Å². The van der Waals surface area contributed by atoms with Crippen LogP contribution in [-0.4, -0.2) is 37.3 Å². The van der Waals surface area contributed by atoms with Crippen LogP contribution in [0.1, 0.15) is 50.6 Å². The van der Waals surface area contributed by atoms with Crippen molar-refractivity contribution in [1.29, 1.82) is 0 Å². The van der Waals surface area contributed by atoms with E-state index in [4.69, 9.17) is 9.26 Å². The van der Waals surface area contributed by atoms with Crippen LogP contribution in [0.2, 0.25) is 0 Å². The first kappa shape index (κ1) is 23.5. The molecule has 1 aromatic heterocycles. The Balaban J connectivity index is 1.96. The SMILES string of the molecule is CC(C)(C)c1cc(CC(=O)C2(S(=O)(=O)c3ccc(C(F)(F)F)cc3)CCOCC2)no1. The maximum atomic E-state index is 13.5. The number of halogens is 3. The highest BCUT2D eigenvalue weighted by atomic mass is 32.2. The zero-order valence-electron chi connectivity index (χ0n) is 17.5. The van der Waals surface area contributed by atoms with Crippen molar-refractivity contribution in [3.05, 3.63) is 47.3 Å². The summed E-state index contributed by atoms with van der Waals surface area (Å²) in [5.74, 6) is -0.0219. The summed E-state index contributed by atoms with van der Waals surface area (Å²) >= 11 is 0. The first-order valence-electron chi connectivity index (χ1n) is 9.76. The van der Waals surface area contributed by atoms with E-state index in [0.29, 0.717) is 23.6 Å². The molecule has 2 aromatic rings. The maximum absolute atomic E-state index is 13.5. The molecule has 170 valence electrons. The smallest absolute Gasteiger partial charge is 0.381 e. The molecule has 1 aromatic carbocycles. The second-order valence-electron chi connectivity index (χ2n) is 8.66. The number of rotatable bonds is 5. The van der Waals surface area contributed by atoms with Gasteiger partial charge in [0.2, 0.25) is 0 Å². The van der Waals surface area contributed by atoms with Gasteiger partial charge in [-0.25, -0.2) is 8.42 Å². The highest BCUT2D eigenvalue weighted by Crippen LogP contribution is 2.38. The number of ether oxygens (including phenoxy) is 1. The molecule has 1 aliphatic heterocycles. The largest absolute Gasteiger partial charge is 0.416 e. The normalized spacial score (nSPS) is 17.5. The number of Topliss-reactive ketones (excluding diaryl/α,β-unsaturated/α-hetero) is 1. The summed E-state index contributed by atoms with van der Waals surface area (Å²) < 4.78 is 74.3. The molecule has 10 heteroatoms. The molecular formula is C21H24F3NO5S. The Kier molecular flexibility index (Phi) is 6.09. The number of nitrogens with zero attached hydrogens (tertiary/aromatic N) is 1. The predicted molar refractivity (Wildman–Crippen MR) is 105 cm³/mol. The van der Waals surface area contributed by atoms with E-state index in [9.17, 15) is 26.4 Å². The number of carbonyl (C=O) groups excluding carboxylic acids is 1. The molecule has 0 bridgehead atoms.